The lowest BCUT2D eigenvalue weighted by atomic mass is 9.81. The molecular weight excluding hydrogens is 386 g/mol. The molecule has 5 nitrogen and oxygen atoms in total. The summed E-state index contributed by atoms with van der Waals surface area (Å²) in [6.45, 7) is 0.828. The summed E-state index contributed by atoms with van der Waals surface area (Å²) in [6, 6.07) is 16.1. The predicted molar refractivity (Wildman–Crippen MR) is 120 cm³/mol. The first-order chi connectivity index (χ1) is 15.2. The van der Waals surface area contributed by atoms with Gasteiger partial charge in [0.05, 0.1) is 30.3 Å². The van der Waals surface area contributed by atoms with E-state index in [9.17, 15) is 15.2 Å². The van der Waals surface area contributed by atoms with Gasteiger partial charge in [0.2, 0.25) is 5.91 Å². The number of nitrogens with zero attached hydrogens (tertiary/aromatic N) is 2. The Hall–Kier alpha value is -2.84. The number of hydrogen-bond acceptors (Lipinski definition) is 4. The van der Waals surface area contributed by atoms with E-state index in [1.54, 1.807) is 0 Å². The highest BCUT2D eigenvalue weighted by Gasteiger charge is 2.46. The quantitative estimate of drug-likeness (QED) is 0.775. The molecule has 2 heterocycles. The molecule has 3 atom stereocenters. The molecule has 1 saturated carbocycles. The Morgan fingerprint density at radius 1 is 1.10 bits per heavy atom. The first-order valence-electron chi connectivity index (χ1n) is 11.5. The standard InChI is InChI=1S/C26H29N3O2/c27-15-17-5-4-8-19(13-17)20-9-10-23-22(14-20)25-21(24(16-30)28-23)11-12-29(25)26(31)18-6-2-1-3-7-18/h4-5,8-10,13-14,18,21,24-25,28,30H,1-3,6-7,11-12,16H2/t21-,24-,25-/m1/s1. The van der Waals surface area contributed by atoms with E-state index in [1.165, 1.54) is 6.42 Å². The molecular formula is C26H29N3O2. The second kappa shape index (κ2) is 8.36. The number of carbonyl (C=O) groups is 1. The molecule has 160 valence electrons. The van der Waals surface area contributed by atoms with Crippen LogP contribution in [0, 0.1) is 23.2 Å². The summed E-state index contributed by atoms with van der Waals surface area (Å²) in [6.07, 6.45) is 6.45. The number of aliphatic hydroxyl groups excluding tert-OH is 1. The summed E-state index contributed by atoms with van der Waals surface area (Å²) in [5.74, 6) is 0.660. The average molecular weight is 416 g/mol. The maximum Gasteiger partial charge on any atom is 0.226 e. The molecule has 0 aromatic heterocycles. The Bertz CT molecular complexity index is 1020. The maximum atomic E-state index is 13.5. The number of fused-ring (bicyclic) bond motifs is 3. The van der Waals surface area contributed by atoms with E-state index in [0.717, 1.165) is 61.0 Å². The third kappa shape index (κ3) is 3.59. The van der Waals surface area contributed by atoms with Gasteiger partial charge in [-0.3, -0.25) is 4.79 Å². The smallest absolute Gasteiger partial charge is 0.226 e. The molecule has 2 aromatic rings. The molecule has 3 aliphatic rings. The second-order valence-corrected chi connectivity index (χ2v) is 9.19. The van der Waals surface area contributed by atoms with Crippen molar-refractivity contribution >= 4 is 11.6 Å². The van der Waals surface area contributed by atoms with Crippen molar-refractivity contribution < 1.29 is 9.90 Å². The van der Waals surface area contributed by atoms with Gasteiger partial charge >= 0.3 is 0 Å². The van der Waals surface area contributed by atoms with Gasteiger partial charge in [-0.05, 0) is 60.2 Å². The van der Waals surface area contributed by atoms with E-state index in [-0.39, 0.29) is 30.5 Å². The van der Waals surface area contributed by atoms with Crippen molar-refractivity contribution in [2.45, 2.75) is 50.6 Å². The average Bonchev–Trinajstić information content (AvgIpc) is 3.29. The Morgan fingerprint density at radius 3 is 2.68 bits per heavy atom. The monoisotopic (exact) mass is 415 g/mol. The number of benzene rings is 2. The zero-order chi connectivity index (χ0) is 21.4. The van der Waals surface area contributed by atoms with Crippen LogP contribution in [0.2, 0.25) is 0 Å². The summed E-state index contributed by atoms with van der Waals surface area (Å²) in [7, 11) is 0. The highest BCUT2D eigenvalue weighted by atomic mass is 16.3. The number of likely N-dealkylation sites (tertiary alicyclic amines) is 1. The third-order valence-corrected chi connectivity index (χ3v) is 7.43. The van der Waals surface area contributed by atoms with Crippen LogP contribution < -0.4 is 5.32 Å². The fraction of sp³-hybridized carbons (Fsp3) is 0.462. The van der Waals surface area contributed by atoms with Crippen molar-refractivity contribution in [1.82, 2.24) is 4.90 Å². The van der Waals surface area contributed by atoms with Crippen LogP contribution in [0.15, 0.2) is 42.5 Å². The first-order valence-corrected chi connectivity index (χ1v) is 11.5. The minimum atomic E-state index is -0.0329. The number of amides is 1. The number of hydrogen-bond donors (Lipinski definition) is 2. The van der Waals surface area contributed by atoms with Gasteiger partial charge in [0.15, 0.2) is 0 Å². The molecule has 1 amide bonds. The lowest BCUT2D eigenvalue weighted by Crippen LogP contribution is -2.44. The summed E-state index contributed by atoms with van der Waals surface area (Å²) in [5.41, 5.74) is 4.84. The number of aliphatic hydroxyl groups is 1. The van der Waals surface area contributed by atoms with Crippen LogP contribution in [-0.2, 0) is 4.79 Å². The molecule has 0 bridgehead atoms. The van der Waals surface area contributed by atoms with Crippen LogP contribution in [0.5, 0.6) is 0 Å². The zero-order valence-corrected chi connectivity index (χ0v) is 17.8. The van der Waals surface area contributed by atoms with Crippen LogP contribution in [-0.4, -0.2) is 35.1 Å². The van der Waals surface area contributed by atoms with Crippen molar-refractivity contribution in [3.63, 3.8) is 0 Å². The minimum absolute atomic E-state index is 0.00178. The Balaban J connectivity index is 1.53. The highest BCUT2D eigenvalue weighted by molar-refractivity contribution is 5.81. The number of anilines is 1. The van der Waals surface area contributed by atoms with Gasteiger partial charge in [-0.2, -0.15) is 5.26 Å². The molecule has 1 saturated heterocycles. The number of nitriles is 1. The van der Waals surface area contributed by atoms with Gasteiger partial charge in [-0.1, -0.05) is 37.5 Å². The first kappa shape index (κ1) is 20.1. The summed E-state index contributed by atoms with van der Waals surface area (Å²) >= 11 is 0. The van der Waals surface area contributed by atoms with Gasteiger partial charge in [0.1, 0.15) is 0 Å². The Kier molecular flexibility index (Phi) is 5.41. The van der Waals surface area contributed by atoms with Gasteiger partial charge < -0.3 is 15.3 Å². The molecule has 2 aliphatic heterocycles. The van der Waals surface area contributed by atoms with Crippen molar-refractivity contribution in [3.8, 4) is 17.2 Å². The van der Waals surface area contributed by atoms with Crippen LogP contribution in [0.3, 0.4) is 0 Å². The van der Waals surface area contributed by atoms with Crippen LogP contribution in [0.25, 0.3) is 11.1 Å². The van der Waals surface area contributed by atoms with E-state index < -0.39 is 0 Å². The van der Waals surface area contributed by atoms with Crippen LogP contribution in [0.1, 0.15) is 55.7 Å². The van der Waals surface area contributed by atoms with E-state index in [4.69, 9.17) is 0 Å². The van der Waals surface area contributed by atoms with Crippen LogP contribution >= 0.6 is 0 Å². The van der Waals surface area contributed by atoms with Crippen molar-refractivity contribution in [1.29, 1.82) is 5.26 Å². The van der Waals surface area contributed by atoms with Gasteiger partial charge in [0, 0.05) is 24.1 Å². The van der Waals surface area contributed by atoms with E-state index in [1.807, 2.05) is 24.3 Å². The van der Waals surface area contributed by atoms with Crippen molar-refractivity contribution in [2.24, 2.45) is 11.8 Å². The predicted octanol–water partition coefficient (Wildman–Crippen LogP) is 4.48. The molecule has 2 fully saturated rings. The highest BCUT2D eigenvalue weighted by Crippen LogP contribution is 2.48. The normalized spacial score (nSPS) is 25.3. The number of rotatable bonds is 3. The molecule has 2 aromatic carbocycles. The van der Waals surface area contributed by atoms with E-state index in [0.29, 0.717) is 11.5 Å². The SMILES string of the molecule is N#Cc1cccc(-c2ccc3c(c2)[C@H]2[C@H](CCN2C(=O)C2CCCCC2)[C@@H](CO)N3)c1. The Morgan fingerprint density at radius 2 is 1.90 bits per heavy atom. The number of carbonyl (C=O) groups excluding carboxylic acids is 1. The lowest BCUT2D eigenvalue weighted by molar-refractivity contribution is -0.138. The van der Waals surface area contributed by atoms with Gasteiger partial charge in [-0.15, -0.1) is 0 Å². The lowest BCUT2D eigenvalue weighted by Gasteiger charge is -2.40. The molecule has 5 heteroatoms. The minimum Gasteiger partial charge on any atom is -0.394 e. The van der Waals surface area contributed by atoms with Crippen LogP contribution in [0.4, 0.5) is 5.69 Å². The molecule has 0 radical (unpaired) electrons. The van der Waals surface area contributed by atoms with E-state index >= 15 is 0 Å². The molecule has 2 N–H and O–H groups in total. The molecule has 31 heavy (non-hydrogen) atoms. The molecule has 1 aliphatic carbocycles. The van der Waals surface area contributed by atoms with E-state index in [2.05, 4.69) is 34.5 Å². The van der Waals surface area contributed by atoms with Crippen molar-refractivity contribution in [3.05, 3.63) is 53.6 Å². The fourth-order valence-corrected chi connectivity index (χ4v) is 5.84. The molecule has 0 spiro atoms. The maximum absolute atomic E-state index is 13.5. The second-order valence-electron chi connectivity index (χ2n) is 9.19. The summed E-state index contributed by atoms with van der Waals surface area (Å²) < 4.78 is 0. The van der Waals surface area contributed by atoms with Gasteiger partial charge in [-0.25, -0.2) is 0 Å². The summed E-state index contributed by atoms with van der Waals surface area (Å²) in [4.78, 5) is 15.6. The largest absolute Gasteiger partial charge is 0.394 e. The molecule has 0 unspecified atom stereocenters. The zero-order valence-electron chi connectivity index (χ0n) is 17.8. The van der Waals surface area contributed by atoms with Gasteiger partial charge in [0.25, 0.3) is 0 Å². The fourth-order valence-electron chi connectivity index (χ4n) is 5.84. The third-order valence-electron chi connectivity index (χ3n) is 7.43. The summed E-state index contributed by atoms with van der Waals surface area (Å²) in [5, 5.41) is 22.8. The van der Waals surface area contributed by atoms with Crippen molar-refractivity contribution in [2.75, 3.05) is 18.5 Å². The topological polar surface area (TPSA) is 76.4 Å². The molecule has 5 rings (SSSR count). The number of nitrogens with one attached hydrogen (secondary N) is 1. The Labute approximate surface area is 183 Å².